The van der Waals surface area contributed by atoms with Crippen molar-refractivity contribution in [3.63, 3.8) is 0 Å². The second-order valence-electron chi connectivity index (χ2n) is 4.49. The van der Waals surface area contributed by atoms with Crippen molar-refractivity contribution in [2.75, 3.05) is 0 Å². The number of aryl methyl sites for hydroxylation is 2. The van der Waals surface area contributed by atoms with Crippen molar-refractivity contribution in [3.8, 4) is 0 Å². The van der Waals surface area contributed by atoms with Gasteiger partial charge in [0, 0.05) is 15.8 Å². The van der Waals surface area contributed by atoms with E-state index in [9.17, 15) is 5.11 Å². The molecule has 1 N–H and O–H groups in total. The molecule has 0 saturated heterocycles. The summed E-state index contributed by atoms with van der Waals surface area (Å²) in [5.74, 6) is 0. The molecule has 2 rings (SSSR count). The Labute approximate surface area is 128 Å². The first-order chi connectivity index (χ1) is 8.45. The van der Waals surface area contributed by atoms with Gasteiger partial charge in [-0.1, -0.05) is 29.3 Å². The zero-order valence-corrected chi connectivity index (χ0v) is 14.2. The van der Waals surface area contributed by atoms with E-state index in [0.717, 1.165) is 13.1 Å². The van der Waals surface area contributed by atoms with Crippen molar-refractivity contribution in [2.45, 2.75) is 26.4 Å². The molecule has 18 heavy (non-hydrogen) atoms. The molecule has 1 heterocycles. The fraction of sp³-hybridized carbons (Fsp3) is 0.286. The van der Waals surface area contributed by atoms with Crippen LogP contribution in [-0.4, -0.2) is 5.11 Å². The molecule has 0 aliphatic carbocycles. The molecule has 0 aliphatic rings. The SMILES string of the molecule is Cc1cc(C)cc(CC(O)c2cc(Br)c(Br)s2)c1. The molecule has 1 aromatic heterocycles. The lowest BCUT2D eigenvalue weighted by Crippen LogP contribution is -2.00. The predicted molar refractivity (Wildman–Crippen MR) is 84.3 cm³/mol. The fourth-order valence-corrected chi connectivity index (χ4v) is 4.11. The molecule has 1 unspecified atom stereocenters. The van der Waals surface area contributed by atoms with Gasteiger partial charge in [0.15, 0.2) is 0 Å². The van der Waals surface area contributed by atoms with Crippen molar-refractivity contribution < 1.29 is 5.11 Å². The Morgan fingerprint density at radius 3 is 2.22 bits per heavy atom. The number of hydrogen-bond donors (Lipinski definition) is 1. The van der Waals surface area contributed by atoms with Gasteiger partial charge in [-0.2, -0.15) is 0 Å². The number of aliphatic hydroxyl groups excluding tert-OH is 1. The predicted octanol–water partition coefficient (Wildman–Crippen LogP) is 5.17. The summed E-state index contributed by atoms with van der Waals surface area (Å²) < 4.78 is 2.03. The topological polar surface area (TPSA) is 20.2 Å². The molecule has 2 aromatic rings. The largest absolute Gasteiger partial charge is 0.387 e. The van der Waals surface area contributed by atoms with E-state index in [1.807, 2.05) is 6.07 Å². The van der Waals surface area contributed by atoms with Gasteiger partial charge >= 0.3 is 0 Å². The highest BCUT2D eigenvalue weighted by atomic mass is 79.9. The highest BCUT2D eigenvalue weighted by molar-refractivity contribution is 9.13. The van der Waals surface area contributed by atoms with Crippen LogP contribution >= 0.6 is 43.2 Å². The first-order valence-electron chi connectivity index (χ1n) is 5.65. The van der Waals surface area contributed by atoms with Crippen molar-refractivity contribution >= 4 is 43.2 Å². The number of halogens is 2. The summed E-state index contributed by atoms with van der Waals surface area (Å²) in [7, 11) is 0. The van der Waals surface area contributed by atoms with Crippen molar-refractivity contribution in [1.29, 1.82) is 0 Å². The normalized spacial score (nSPS) is 12.7. The molecule has 96 valence electrons. The molecule has 0 saturated carbocycles. The molecule has 0 spiro atoms. The van der Waals surface area contributed by atoms with Gasteiger partial charge in [0.2, 0.25) is 0 Å². The Bertz CT molecular complexity index is 523. The molecule has 0 radical (unpaired) electrons. The van der Waals surface area contributed by atoms with Crippen LogP contribution in [0.1, 0.15) is 27.7 Å². The minimum Gasteiger partial charge on any atom is -0.387 e. The summed E-state index contributed by atoms with van der Waals surface area (Å²) in [6.45, 7) is 4.17. The maximum absolute atomic E-state index is 10.3. The van der Waals surface area contributed by atoms with Crippen LogP contribution < -0.4 is 0 Å². The maximum atomic E-state index is 10.3. The third-order valence-corrected chi connectivity index (χ3v) is 6.06. The Morgan fingerprint density at radius 1 is 1.11 bits per heavy atom. The van der Waals surface area contributed by atoms with Gasteiger partial charge in [-0.25, -0.2) is 0 Å². The van der Waals surface area contributed by atoms with E-state index in [1.54, 1.807) is 11.3 Å². The lowest BCUT2D eigenvalue weighted by Gasteiger charge is -2.10. The van der Waals surface area contributed by atoms with E-state index >= 15 is 0 Å². The van der Waals surface area contributed by atoms with Gasteiger partial charge in [-0.05, 0) is 57.3 Å². The van der Waals surface area contributed by atoms with Crippen LogP contribution in [0.4, 0.5) is 0 Å². The Balaban J connectivity index is 2.18. The van der Waals surface area contributed by atoms with Crippen LogP contribution in [-0.2, 0) is 6.42 Å². The van der Waals surface area contributed by atoms with E-state index in [1.165, 1.54) is 16.7 Å². The Hall–Kier alpha value is -0.160. The van der Waals surface area contributed by atoms with Gasteiger partial charge in [0.25, 0.3) is 0 Å². The molecule has 0 bridgehead atoms. The van der Waals surface area contributed by atoms with E-state index in [4.69, 9.17) is 0 Å². The summed E-state index contributed by atoms with van der Waals surface area (Å²) in [4.78, 5) is 0.980. The fourth-order valence-electron chi connectivity index (χ4n) is 2.04. The second-order valence-corrected chi connectivity index (χ2v) is 7.74. The lowest BCUT2D eigenvalue weighted by atomic mass is 10.0. The summed E-state index contributed by atoms with van der Waals surface area (Å²) in [6.07, 6.45) is 0.209. The second kappa shape index (κ2) is 5.87. The van der Waals surface area contributed by atoms with Gasteiger partial charge in [0.1, 0.15) is 0 Å². The average molecular weight is 390 g/mol. The number of hydrogen-bond acceptors (Lipinski definition) is 2. The van der Waals surface area contributed by atoms with Gasteiger partial charge in [0.05, 0.1) is 9.89 Å². The molecule has 1 nitrogen and oxygen atoms in total. The number of aliphatic hydroxyl groups is 1. The number of benzene rings is 1. The molecule has 1 aromatic carbocycles. The number of rotatable bonds is 3. The third-order valence-electron chi connectivity index (χ3n) is 2.70. The van der Waals surface area contributed by atoms with Crippen molar-refractivity contribution in [1.82, 2.24) is 0 Å². The first-order valence-corrected chi connectivity index (χ1v) is 8.06. The van der Waals surface area contributed by atoms with E-state index in [-0.39, 0.29) is 0 Å². The Kier molecular flexibility index (Phi) is 4.64. The zero-order chi connectivity index (χ0) is 13.3. The first kappa shape index (κ1) is 14.3. The highest BCUT2D eigenvalue weighted by Gasteiger charge is 2.14. The third kappa shape index (κ3) is 3.44. The standard InChI is InChI=1S/C14H14Br2OS/c1-8-3-9(2)5-10(4-8)6-12(17)13-7-11(15)14(16)18-13/h3-5,7,12,17H,6H2,1-2H3. The summed E-state index contributed by atoms with van der Waals surface area (Å²) in [6, 6.07) is 8.39. The minimum absolute atomic E-state index is 0.446. The van der Waals surface area contributed by atoms with Crippen LogP contribution in [0.2, 0.25) is 0 Å². The number of thiophene rings is 1. The molecular weight excluding hydrogens is 376 g/mol. The summed E-state index contributed by atoms with van der Waals surface area (Å²) in [5.41, 5.74) is 3.66. The van der Waals surface area contributed by atoms with Crippen LogP contribution in [0.25, 0.3) is 0 Å². The van der Waals surface area contributed by atoms with Crippen LogP contribution in [0.3, 0.4) is 0 Å². The van der Waals surface area contributed by atoms with Gasteiger partial charge < -0.3 is 5.11 Å². The van der Waals surface area contributed by atoms with Crippen molar-refractivity contribution in [2.24, 2.45) is 0 Å². The van der Waals surface area contributed by atoms with E-state index in [2.05, 4.69) is 63.9 Å². The molecule has 0 fully saturated rings. The molecule has 0 aliphatic heterocycles. The monoisotopic (exact) mass is 388 g/mol. The zero-order valence-electron chi connectivity index (χ0n) is 10.2. The minimum atomic E-state index is -0.446. The lowest BCUT2D eigenvalue weighted by molar-refractivity contribution is 0.182. The average Bonchev–Trinajstić information content (AvgIpc) is 2.57. The Morgan fingerprint density at radius 2 is 1.72 bits per heavy atom. The van der Waals surface area contributed by atoms with Crippen LogP contribution in [0, 0.1) is 13.8 Å². The van der Waals surface area contributed by atoms with Crippen LogP contribution in [0.5, 0.6) is 0 Å². The molecule has 0 amide bonds. The van der Waals surface area contributed by atoms with Gasteiger partial charge in [-0.15, -0.1) is 11.3 Å². The van der Waals surface area contributed by atoms with Gasteiger partial charge in [-0.3, -0.25) is 0 Å². The summed E-state index contributed by atoms with van der Waals surface area (Å²) >= 11 is 8.47. The molecule has 1 atom stereocenters. The van der Waals surface area contributed by atoms with Crippen LogP contribution in [0.15, 0.2) is 32.5 Å². The molecule has 4 heteroatoms. The molecular formula is C14H14Br2OS. The summed E-state index contributed by atoms with van der Waals surface area (Å²) in [5, 5.41) is 10.3. The smallest absolute Gasteiger partial charge is 0.0923 e. The quantitative estimate of drug-likeness (QED) is 0.767. The van der Waals surface area contributed by atoms with E-state index < -0.39 is 6.10 Å². The maximum Gasteiger partial charge on any atom is 0.0923 e. The van der Waals surface area contributed by atoms with Crippen molar-refractivity contribution in [3.05, 3.63) is 54.1 Å². The van der Waals surface area contributed by atoms with E-state index in [0.29, 0.717) is 6.42 Å². The highest BCUT2D eigenvalue weighted by Crippen LogP contribution is 2.36.